The van der Waals surface area contributed by atoms with E-state index in [1.165, 1.54) is 27.6 Å². The normalized spacial score (nSPS) is 12.3. The fraction of sp³-hybridized carbons (Fsp3) is 0.194. The van der Waals surface area contributed by atoms with E-state index in [0.717, 1.165) is 22.2 Å². The highest BCUT2D eigenvalue weighted by molar-refractivity contribution is 5.94. The van der Waals surface area contributed by atoms with Crippen molar-refractivity contribution in [2.45, 2.75) is 26.4 Å². The molecule has 0 saturated carbocycles. The van der Waals surface area contributed by atoms with Crippen LogP contribution in [0.5, 0.6) is 0 Å². The number of nitrogens with two attached hydrogens (primary N) is 1. The minimum Gasteiger partial charge on any atom is -0.319 e. The Kier molecular flexibility index (Phi) is 8.40. The number of amides is 1. The molecule has 3 heterocycles. The molecule has 0 aliphatic rings. The smallest absolute Gasteiger partial charge is 0.280 e. The highest BCUT2D eigenvalue weighted by Gasteiger charge is 2.19. The van der Waals surface area contributed by atoms with Gasteiger partial charge in [-0.3, -0.25) is 19.1 Å². The van der Waals surface area contributed by atoms with Crippen molar-refractivity contribution < 1.29 is 13.9 Å². The molecule has 13 heteroatoms. The van der Waals surface area contributed by atoms with E-state index < -0.39 is 11.6 Å². The summed E-state index contributed by atoms with van der Waals surface area (Å²) in [5, 5.41) is 18.2. The topological polar surface area (TPSA) is 159 Å². The molecule has 5 aromatic rings. The first kappa shape index (κ1) is 29.9. The highest BCUT2D eigenvalue weighted by Crippen LogP contribution is 2.26. The van der Waals surface area contributed by atoms with E-state index in [0.29, 0.717) is 22.5 Å². The van der Waals surface area contributed by atoms with Crippen LogP contribution >= 0.6 is 0 Å². The average Bonchev–Trinajstić information content (AvgIpc) is 3.37. The summed E-state index contributed by atoms with van der Waals surface area (Å²) in [4.78, 5) is 35.5. The monoisotopic (exact) mass is 595 g/mol. The number of aromatic nitrogens is 4. The van der Waals surface area contributed by atoms with Crippen molar-refractivity contribution in [3.05, 3.63) is 106 Å². The Morgan fingerprint density at radius 3 is 2.73 bits per heavy atom. The first-order valence-electron chi connectivity index (χ1n) is 13.7. The fourth-order valence-electron chi connectivity index (χ4n) is 4.83. The summed E-state index contributed by atoms with van der Waals surface area (Å²) in [6.07, 6.45) is 6.58. The van der Waals surface area contributed by atoms with E-state index in [9.17, 15) is 14.0 Å². The Labute approximate surface area is 252 Å². The number of hydrogen-bond donors (Lipinski definition) is 4. The number of carbonyl (C=O) groups is 1. The predicted octanol–water partition coefficient (Wildman–Crippen LogP) is 3.58. The Bertz CT molecular complexity index is 2000. The van der Waals surface area contributed by atoms with Crippen LogP contribution in [0.3, 0.4) is 0 Å². The van der Waals surface area contributed by atoms with Gasteiger partial charge in [-0.05, 0) is 68.4 Å². The molecule has 0 fully saturated rings. The molecule has 0 bridgehead atoms. The number of carbonyl (C=O) groups excluding carboxylic acids is 1. The number of aryl methyl sites for hydroxylation is 1. The summed E-state index contributed by atoms with van der Waals surface area (Å²) in [6, 6.07) is 12.9. The predicted molar refractivity (Wildman–Crippen MR) is 166 cm³/mol. The van der Waals surface area contributed by atoms with Crippen molar-refractivity contribution >= 4 is 28.3 Å². The van der Waals surface area contributed by atoms with Gasteiger partial charge in [0, 0.05) is 28.6 Å². The van der Waals surface area contributed by atoms with Gasteiger partial charge >= 0.3 is 0 Å². The number of nitrogens with zero attached hydrogens (tertiary/aromatic N) is 6. The summed E-state index contributed by atoms with van der Waals surface area (Å²) >= 11 is 0. The molecule has 5 N–H and O–H groups in total. The minimum absolute atomic E-state index is 0.0181. The molecule has 12 nitrogen and oxygen atoms in total. The lowest BCUT2D eigenvalue weighted by molar-refractivity contribution is -0.452. The van der Waals surface area contributed by atoms with Crippen LogP contribution in [0, 0.1) is 18.2 Å². The van der Waals surface area contributed by atoms with Crippen molar-refractivity contribution in [3.8, 4) is 17.1 Å². The number of benzene rings is 2. The van der Waals surface area contributed by atoms with Crippen LogP contribution in [0.25, 0.3) is 28.0 Å². The maximum Gasteiger partial charge on any atom is 0.280 e. The lowest BCUT2D eigenvalue weighted by Crippen LogP contribution is -2.38. The molecule has 2 aromatic carbocycles. The quantitative estimate of drug-likeness (QED) is 0.0536. The van der Waals surface area contributed by atoms with Gasteiger partial charge in [0.25, 0.3) is 11.4 Å². The van der Waals surface area contributed by atoms with Crippen LogP contribution in [0.15, 0.2) is 83.3 Å². The van der Waals surface area contributed by atoms with E-state index in [1.807, 2.05) is 23.8 Å². The van der Waals surface area contributed by atoms with Crippen molar-refractivity contribution in [2.75, 3.05) is 19.4 Å². The van der Waals surface area contributed by atoms with Gasteiger partial charge in [0.2, 0.25) is 5.91 Å². The van der Waals surface area contributed by atoms with Crippen LogP contribution < -0.4 is 22.0 Å². The third-order valence-corrected chi connectivity index (χ3v) is 7.39. The first-order valence-corrected chi connectivity index (χ1v) is 13.7. The number of pyridine rings is 1. The van der Waals surface area contributed by atoms with E-state index >= 15 is 0 Å². The number of nitrogens with one attached hydrogen (secondary N) is 3. The number of hydrogen-bond acceptors (Lipinski definition) is 7. The molecule has 1 atom stereocenters. The van der Waals surface area contributed by atoms with Crippen molar-refractivity contribution in [1.29, 1.82) is 5.41 Å². The number of anilines is 1. The molecule has 0 aliphatic carbocycles. The maximum absolute atomic E-state index is 13.9. The minimum atomic E-state index is -0.538. The first-order chi connectivity index (χ1) is 21.1. The molecular formula is C31H32FN10O2+. The molecule has 0 aliphatic heterocycles. The number of likely N-dealkylation sites (N-methyl/N-ethyl adjacent to an activating group) is 1. The van der Waals surface area contributed by atoms with Gasteiger partial charge in [-0.2, -0.15) is 5.41 Å². The molecule has 224 valence electrons. The molecule has 44 heavy (non-hydrogen) atoms. The Morgan fingerprint density at radius 2 is 1.98 bits per heavy atom. The Hall–Kier alpha value is -5.56. The number of amidine groups is 1. The fourth-order valence-corrected chi connectivity index (χ4v) is 4.83. The van der Waals surface area contributed by atoms with E-state index in [2.05, 4.69) is 25.8 Å². The van der Waals surface area contributed by atoms with E-state index in [1.54, 1.807) is 63.7 Å². The van der Waals surface area contributed by atoms with Crippen molar-refractivity contribution in [1.82, 2.24) is 24.4 Å². The van der Waals surface area contributed by atoms with E-state index in [4.69, 9.17) is 11.3 Å². The van der Waals surface area contributed by atoms with Crippen LogP contribution in [-0.2, 0) is 11.3 Å². The molecule has 1 amide bonds. The van der Waals surface area contributed by atoms with Gasteiger partial charge in [-0.25, -0.2) is 15.2 Å². The summed E-state index contributed by atoms with van der Waals surface area (Å²) < 4.78 is 18.5. The van der Waals surface area contributed by atoms with Crippen molar-refractivity contribution in [3.63, 3.8) is 0 Å². The van der Waals surface area contributed by atoms with Crippen LogP contribution in [0.2, 0.25) is 0 Å². The zero-order chi connectivity index (χ0) is 31.5. The summed E-state index contributed by atoms with van der Waals surface area (Å²) in [7, 11) is 3.20. The third-order valence-electron chi connectivity index (χ3n) is 7.39. The lowest BCUT2D eigenvalue weighted by Gasteiger charge is -2.16. The second-order valence-electron chi connectivity index (χ2n) is 10.3. The standard InChI is InChI=1S/C31H31FN10O2/c1-18-16-41(27-9-8-23(32)12-25(18)27)24-10-20(13-36-14-24)17-42-29(22-7-5-6-21(11-22)28(33)40(4)39-34)37-15-26(31(42)44)38-30(43)19(2)35-3/h5-16,19,33-35H,17H2,1-4H3,(H,38,43)/p+1/t19-/m0/s1. The van der Waals surface area contributed by atoms with Crippen LogP contribution in [0.1, 0.15) is 23.6 Å². The molecule has 0 spiro atoms. The zero-order valence-corrected chi connectivity index (χ0v) is 24.7. The molecule has 0 unspecified atom stereocenters. The number of fused-ring (bicyclic) bond motifs is 1. The SMILES string of the molecule is CN[C@@H](C)C(=O)Nc1cnc(-c2cccc(C(=N)[N+](C)=NN)c2)n(Cc2cncc(-n3cc(C)c4cc(F)ccc43)c2)c1=O. The number of halogens is 1. The summed E-state index contributed by atoms with van der Waals surface area (Å²) in [5.74, 6) is 5.03. The molecule has 3 aromatic heterocycles. The van der Waals surface area contributed by atoms with Gasteiger partial charge < -0.3 is 15.2 Å². The molecule has 0 saturated heterocycles. The van der Waals surface area contributed by atoms with Gasteiger partial charge in [0.15, 0.2) is 0 Å². The summed E-state index contributed by atoms with van der Waals surface area (Å²) in [6.45, 7) is 3.66. The van der Waals surface area contributed by atoms with Gasteiger partial charge in [0.05, 0.1) is 48.8 Å². The lowest BCUT2D eigenvalue weighted by atomic mass is 10.1. The highest BCUT2D eigenvalue weighted by atomic mass is 19.1. The third kappa shape index (κ3) is 5.85. The van der Waals surface area contributed by atoms with Crippen LogP contribution in [-0.4, -0.2) is 55.7 Å². The largest absolute Gasteiger partial charge is 0.319 e. The Balaban J connectivity index is 1.61. The molecular weight excluding hydrogens is 563 g/mol. The maximum atomic E-state index is 13.9. The van der Waals surface area contributed by atoms with Gasteiger partial charge in [-0.1, -0.05) is 12.1 Å². The molecule has 5 rings (SSSR count). The van der Waals surface area contributed by atoms with Crippen LogP contribution in [0.4, 0.5) is 10.1 Å². The second kappa shape index (κ2) is 12.4. The van der Waals surface area contributed by atoms with Gasteiger partial charge in [0.1, 0.15) is 17.3 Å². The Morgan fingerprint density at radius 1 is 1.18 bits per heavy atom. The van der Waals surface area contributed by atoms with Crippen molar-refractivity contribution in [2.24, 2.45) is 11.1 Å². The number of rotatable bonds is 8. The van der Waals surface area contributed by atoms with Gasteiger partial charge in [-0.15, -0.1) is 4.70 Å². The second-order valence-corrected chi connectivity index (χ2v) is 10.3. The average molecular weight is 596 g/mol. The zero-order valence-electron chi connectivity index (χ0n) is 24.7. The van der Waals surface area contributed by atoms with E-state index in [-0.39, 0.29) is 29.8 Å². The molecule has 0 radical (unpaired) electrons. The summed E-state index contributed by atoms with van der Waals surface area (Å²) in [5.41, 5.74) is 3.76.